The van der Waals surface area contributed by atoms with Gasteiger partial charge in [0.2, 0.25) is 0 Å². The van der Waals surface area contributed by atoms with E-state index in [1.807, 2.05) is 25.1 Å². The van der Waals surface area contributed by atoms with E-state index >= 15 is 0 Å². The number of rotatable bonds is 6. The molecule has 2 aromatic rings. The van der Waals surface area contributed by atoms with E-state index in [-0.39, 0.29) is 18.4 Å². The summed E-state index contributed by atoms with van der Waals surface area (Å²) in [6.07, 6.45) is 1.04. The lowest BCUT2D eigenvalue weighted by Crippen LogP contribution is -2.42. The summed E-state index contributed by atoms with van der Waals surface area (Å²) < 4.78 is 5.78. The van der Waals surface area contributed by atoms with E-state index in [2.05, 4.69) is 19.2 Å². The summed E-state index contributed by atoms with van der Waals surface area (Å²) in [5.41, 5.74) is 3.16. The van der Waals surface area contributed by atoms with Crippen LogP contribution in [0.5, 0.6) is 5.75 Å². The molecule has 2 amide bonds. The Morgan fingerprint density at radius 3 is 2.77 bits per heavy atom. The molecule has 1 saturated heterocycles. The largest absolute Gasteiger partial charge is 0.483 e. The van der Waals surface area contributed by atoms with E-state index in [1.165, 1.54) is 0 Å². The SMILES string of the molecule is Cc1ccc(C(C)C)c(OCC(=O)Nc2cccc(C(=O)N3CCCC(O)C3)c2)c1. The van der Waals surface area contributed by atoms with Crippen molar-refractivity contribution in [3.05, 3.63) is 59.2 Å². The number of aliphatic hydroxyl groups excluding tert-OH is 1. The molecule has 0 aliphatic carbocycles. The summed E-state index contributed by atoms with van der Waals surface area (Å²) in [6, 6.07) is 12.9. The van der Waals surface area contributed by atoms with Crippen LogP contribution in [0.1, 0.15) is 54.1 Å². The van der Waals surface area contributed by atoms with Gasteiger partial charge >= 0.3 is 0 Å². The summed E-state index contributed by atoms with van der Waals surface area (Å²) in [7, 11) is 0. The Kier molecular flexibility index (Phi) is 7.11. The maximum Gasteiger partial charge on any atom is 0.262 e. The number of ether oxygens (including phenoxy) is 1. The first kappa shape index (κ1) is 21.8. The Morgan fingerprint density at radius 2 is 2.03 bits per heavy atom. The lowest BCUT2D eigenvalue weighted by Gasteiger charge is -2.30. The van der Waals surface area contributed by atoms with Crippen LogP contribution in [0.15, 0.2) is 42.5 Å². The van der Waals surface area contributed by atoms with E-state index in [1.54, 1.807) is 29.2 Å². The number of β-amino-alcohol motifs (C(OH)–C–C–N with tert-alkyl or cyclic N) is 1. The van der Waals surface area contributed by atoms with Gasteiger partial charge in [0.05, 0.1) is 6.10 Å². The Labute approximate surface area is 177 Å². The van der Waals surface area contributed by atoms with E-state index < -0.39 is 6.10 Å². The first-order valence-electron chi connectivity index (χ1n) is 10.4. The van der Waals surface area contributed by atoms with Gasteiger partial charge in [-0.05, 0) is 61.1 Å². The highest BCUT2D eigenvalue weighted by atomic mass is 16.5. The predicted molar refractivity (Wildman–Crippen MR) is 117 cm³/mol. The molecule has 3 rings (SSSR count). The smallest absolute Gasteiger partial charge is 0.262 e. The minimum atomic E-state index is -0.472. The zero-order chi connectivity index (χ0) is 21.7. The number of likely N-dealkylation sites (tertiary alicyclic amines) is 1. The number of carbonyl (C=O) groups is 2. The molecule has 1 heterocycles. The second-order valence-electron chi connectivity index (χ2n) is 8.16. The molecular weight excluding hydrogens is 380 g/mol. The van der Waals surface area contributed by atoms with Gasteiger partial charge in [-0.25, -0.2) is 0 Å². The van der Waals surface area contributed by atoms with E-state index in [4.69, 9.17) is 4.74 Å². The van der Waals surface area contributed by atoms with Crippen molar-refractivity contribution in [3.63, 3.8) is 0 Å². The molecule has 1 fully saturated rings. The average molecular weight is 411 g/mol. The lowest BCUT2D eigenvalue weighted by atomic mass is 10.0. The third-order valence-corrected chi connectivity index (χ3v) is 5.23. The van der Waals surface area contributed by atoms with Crippen molar-refractivity contribution in [1.29, 1.82) is 0 Å². The van der Waals surface area contributed by atoms with Gasteiger partial charge in [0.1, 0.15) is 5.75 Å². The predicted octanol–water partition coefficient (Wildman–Crippen LogP) is 3.73. The Bertz CT molecular complexity index is 910. The van der Waals surface area contributed by atoms with Crippen molar-refractivity contribution in [2.24, 2.45) is 0 Å². The molecule has 0 radical (unpaired) electrons. The second-order valence-corrected chi connectivity index (χ2v) is 8.16. The maximum atomic E-state index is 12.7. The molecule has 30 heavy (non-hydrogen) atoms. The molecule has 2 N–H and O–H groups in total. The number of carbonyl (C=O) groups excluding carboxylic acids is 2. The molecule has 0 spiro atoms. The molecule has 2 aromatic carbocycles. The summed E-state index contributed by atoms with van der Waals surface area (Å²) in [5.74, 6) is 0.582. The minimum Gasteiger partial charge on any atom is -0.483 e. The molecule has 6 nitrogen and oxygen atoms in total. The van der Waals surface area contributed by atoms with E-state index in [0.29, 0.717) is 36.0 Å². The zero-order valence-corrected chi connectivity index (χ0v) is 17.9. The van der Waals surface area contributed by atoms with Gasteiger partial charge in [0, 0.05) is 24.3 Å². The number of piperidine rings is 1. The molecule has 1 aliphatic heterocycles. The summed E-state index contributed by atoms with van der Waals surface area (Å²) in [4.78, 5) is 26.8. The van der Waals surface area contributed by atoms with Crippen molar-refractivity contribution >= 4 is 17.5 Å². The van der Waals surface area contributed by atoms with Crippen LogP contribution < -0.4 is 10.1 Å². The van der Waals surface area contributed by atoms with Crippen LogP contribution in [0.2, 0.25) is 0 Å². The molecule has 1 atom stereocenters. The minimum absolute atomic E-state index is 0.111. The second kappa shape index (κ2) is 9.76. The molecule has 1 unspecified atom stereocenters. The third kappa shape index (κ3) is 5.60. The van der Waals surface area contributed by atoms with Gasteiger partial charge in [-0.2, -0.15) is 0 Å². The van der Waals surface area contributed by atoms with Gasteiger partial charge < -0.3 is 20.1 Å². The summed E-state index contributed by atoms with van der Waals surface area (Å²) in [5, 5.41) is 12.6. The van der Waals surface area contributed by atoms with Crippen LogP contribution in [0.25, 0.3) is 0 Å². The lowest BCUT2D eigenvalue weighted by molar-refractivity contribution is -0.118. The van der Waals surface area contributed by atoms with Crippen LogP contribution in [0.4, 0.5) is 5.69 Å². The fraction of sp³-hybridized carbons (Fsp3) is 0.417. The van der Waals surface area contributed by atoms with Crippen LogP contribution in [-0.2, 0) is 4.79 Å². The highest BCUT2D eigenvalue weighted by Crippen LogP contribution is 2.27. The summed E-state index contributed by atoms with van der Waals surface area (Å²) >= 11 is 0. The van der Waals surface area contributed by atoms with Gasteiger partial charge in [-0.3, -0.25) is 9.59 Å². The first-order valence-corrected chi connectivity index (χ1v) is 10.4. The number of anilines is 1. The molecule has 160 valence electrons. The fourth-order valence-electron chi connectivity index (χ4n) is 3.64. The highest BCUT2D eigenvalue weighted by Gasteiger charge is 2.23. The molecule has 0 bridgehead atoms. The normalized spacial score (nSPS) is 16.4. The zero-order valence-electron chi connectivity index (χ0n) is 17.9. The molecule has 1 aliphatic rings. The number of nitrogens with one attached hydrogen (secondary N) is 1. The van der Waals surface area contributed by atoms with Crippen molar-refractivity contribution in [1.82, 2.24) is 4.90 Å². The van der Waals surface area contributed by atoms with Crippen LogP contribution >= 0.6 is 0 Å². The number of hydrogen-bond acceptors (Lipinski definition) is 4. The van der Waals surface area contributed by atoms with Crippen LogP contribution in [0.3, 0.4) is 0 Å². The monoisotopic (exact) mass is 410 g/mol. The first-order chi connectivity index (χ1) is 14.3. The molecule has 6 heteroatoms. The van der Waals surface area contributed by atoms with Crippen molar-refractivity contribution in [2.45, 2.75) is 45.6 Å². The van der Waals surface area contributed by atoms with Gasteiger partial charge in [0.25, 0.3) is 11.8 Å². The Hall–Kier alpha value is -2.86. The number of aliphatic hydroxyl groups is 1. The van der Waals surface area contributed by atoms with Gasteiger partial charge in [-0.15, -0.1) is 0 Å². The van der Waals surface area contributed by atoms with Gasteiger partial charge in [0.15, 0.2) is 6.61 Å². The topological polar surface area (TPSA) is 78.9 Å². The maximum absolute atomic E-state index is 12.7. The number of benzene rings is 2. The number of aryl methyl sites for hydroxylation is 1. The van der Waals surface area contributed by atoms with E-state index in [9.17, 15) is 14.7 Å². The Balaban J connectivity index is 1.62. The van der Waals surface area contributed by atoms with Gasteiger partial charge in [-0.1, -0.05) is 32.0 Å². The average Bonchev–Trinajstić information content (AvgIpc) is 2.71. The Morgan fingerprint density at radius 1 is 1.23 bits per heavy atom. The molecule has 0 aromatic heterocycles. The highest BCUT2D eigenvalue weighted by molar-refractivity contribution is 5.97. The van der Waals surface area contributed by atoms with Crippen molar-refractivity contribution in [2.75, 3.05) is 25.0 Å². The molecule has 0 saturated carbocycles. The standard InChI is InChI=1S/C24H30N2O4/c1-16(2)21-10-9-17(3)12-22(21)30-15-23(28)25-19-7-4-6-18(13-19)24(29)26-11-5-8-20(27)14-26/h4,6-7,9-10,12-13,16,20,27H,5,8,11,14-15H2,1-3H3,(H,25,28). The van der Waals surface area contributed by atoms with Crippen LogP contribution in [0, 0.1) is 6.92 Å². The number of hydrogen-bond donors (Lipinski definition) is 2. The third-order valence-electron chi connectivity index (χ3n) is 5.23. The summed E-state index contributed by atoms with van der Waals surface area (Å²) in [6.45, 7) is 7.02. The van der Waals surface area contributed by atoms with Crippen molar-refractivity contribution in [3.8, 4) is 5.75 Å². The quantitative estimate of drug-likeness (QED) is 0.761. The number of amides is 2. The molecular formula is C24H30N2O4. The van der Waals surface area contributed by atoms with Crippen LogP contribution in [-0.4, -0.2) is 47.6 Å². The van der Waals surface area contributed by atoms with Crippen molar-refractivity contribution < 1.29 is 19.4 Å². The van der Waals surface area contributed by atoms with E-state index in [0.717, 1.165) is 24.0 Å². The fourth-order valence-corrected chi connectivity index (χ4v) is 3.64. The number of nitrogens with zero attached hydrogens (tertiary/aromatic N) is 1.